The molecule has 1 saturated heterocycles. The summed E-state index contributed by atoms with van der Waals surface area (Å²) in [6.07, 6.45) is 5.87. The van der Waals surface area contributed by atoms with Crippen LogP contribution < -0.4 is 5.32 Å². The highest BCUT2D eigenvalue weighted by molar-refractivity contribution is 6.00. The highest BCUT2D eigenvalue weighted by atomic mass is 16.5. The highest BCUT2D eigenvalue weighted by Crippen LogP contribution is 2.20. The Kier molecular flexibility index (Phi) is 3.70. The smallest absolute Gasteiger partial charge is 0.227 e. The van der Waals surface area contributed by atoms with Gasteiger partial charge < -0.3 is 20.0 Å². The third-order valence-electron chi connectivity index (χ3n) is 4.34. The molecular weight excluding hydrogens is 294 g/mol. The number of aromatic nitrogens is 4. The number of hydrogen-bond acceptors (Lipinski definition) is 4. The zero-order valence-electron chi connectivity index (χ0n) is 12.8. The Hall–Kier alpha value is -2.41. The van der Waals surface area contributed by atoms with Gasteiger partial charge in [0.15, 0.2) is 0 Å². The van der Waals surface area contributed by atoms with Gasteiger partial charge in [0.25, 0.3) is 0 Å². The lowest BCUT2D eigenvalue weighted by Crippen LogP contribution is -2.33. The van der Waals surface area contributed by atoms with Gasteiger partial charge in [0.2, 0.25) is 5.91 Å². The second-order valence-electron chi connectivity index (χ2n) is 5.98. The molecule has 1 aliphatic heterocycles. The van der Waals surface area contributed by atoms with Gasteiger partial charge in [0.05, 0.1) is 18.1 Å². The molecular formula is C16H19N5O2. The third kappa shape index (κ3) is 2.92. The minimum absolute atomic E-state index is 0.00572. The zero-order chi connectivity index (χ0) is 15.6. The molecule has 1 fully saturated rings. The van der Waals surface area contributed by atoms with E-state index < -0.39 is 0 Å². The quantitative estimate of drug-likeness (QED) is 0.680. The summed E-state index contributed by atoms with van der Waals surface area (Å²) in [4.78, 5) is 27.2. The number of imidazole rings is 1. The Morgan fingerprint density at radius 1 is 1.39 bits per heavy atom. The van der Waals surface area contributed by atoms with Crippen molar-refractivity contribution >= 4 is 28.0 Å². The molecule has 0 spiro atoms. The SMILES string of the molecule is O=C(Cc1nc2c(cnc3[nH]ccc32)[nH]1)NCC1CCOCC1. The van der Waals surface area contributed by atoms with Crippen LogP contribution in [-0.2, 0) is 16.0 Å². The summed E-state index contributed by atoms with van der Waals surface area (Å²) in [5.74, 6) is 1.18. The first-order valence-electron chi connectivity index (χ1n) is 7.95. The lowest BCUT2D eigenvalue weighted by molar-refractivity contribution is -0.120. The van der Waals surface area contributed by atoms with Gasteiger partial charge in [-0.15, -0.1) is 0 Å². The Morgan fingerprint density at radius 3 is 3.13 bits per heavy atom. The molecule has 0 atom stereocenters. The number of fused-ring (bicyclic) bond motifs is 3. The van der Waals surface area contributed by atoms with Crippen LogP contribution in [-0.4, -0.2) is 45.6 Å². The number of rotatable bonds is 4. The molecule has 23 heavy (non-hydrogen) atoms. The summed E-state index contributed by atoms with van der Waals surface area (Å²) in [5.41, 5.74) is 2.51. The van der Waals surface area contributed by atoms with Crippen LogP contribution in [0.3, 0.4) is 0 Å². The van der Waals surface area contributed by atoms with E-state index in [1.54, 1.807) is 6.20 Å². The lowest BCUT2D eigenvalue weighted by atomic mass is 10.0. The lowest BCUT2D eigenvalue weighted by Gasteiger charge is -2.22. The van der Waals surface area contributed by atoms with E-state index in [4.69, 9.17) is 4.74 Å². The van der Waals surface area contributed by atoms with Gasteiger partial charge >= 0.3 is 0 Å². The predicted molar refractivity (Wildman–Crippen MR) is 86.0 cm³/mol. The molecule has 0 radical (unpaired) electrons. The first-order valence-corrected chi connectivity index (χ1v) is 7.95. The van der Waals surface area contributed by atoms with E-state index in [2.05, 4.69) is 25.3 Å². The van der Waals surface area contributed by atoms with Crippen LogP contribution in [0.5, 0.6) is 0 Å². The first kappa shape index (κ1) is 14.2. The Bertz CT molecular complexity index is 831. The Balaban J connectivity index is 1.43. The molecule has 1 aliphatic rings. The maximum atomic E-state index is 12.1. The molecule has 0 bridgehead atoms. The molecule has 4 heterocycles. The van der Waals surface area contributed by atoms with E-state index in [1.807, 2.05) is 12.3 Å². The fraction of sp³-hybridized carbons (Fsp3) is 0.438. The second kappa shape index (κ2) is 6.00. The van der Waals surface area contributed by atoms with Crippen molar-refractivity contribution in [3.8, 4) is 0 Å². The summed E-state index contributed by atoms with van der Waals surface area (Å²) in [6, 6.07) is 1.94. The molecule has 0 aliphatic carbocycles. The summed E-state index contributed by atoms with van der Waals surface area (Å²) >= 11 is 0. The number of amides is 1. The number of nitrogens with zero attached hydrogens (tertiary/aromatic N) is 2. The number of nitrogens with one attached hydrogen (secondary N) is 3. The Labute approximate surface area is 132 Å². The molecule has 120 valence electrons. The molecule has 0 aromatic carbocycles. The van der Waals surface area contributed by atoms with Crippen molar-refractivity contribution in [2.24, 2.45) is 5.92 Å². The van der Waals surface area contributed by atoms with E-state index in [-0.39, 0.29) is 12.3 Å². The number of aromatic amines is 2. The summed E-state index contributed by atoms with van der Waals surface area (Å²) in [5, 5.41) is 3.97. The molecule has 0 unspecified atom stereocenters. The largest absolute Gasteiger partial charge is 0.381 e. The summed E-state index contributed by atoms with van der Waals surface area (Å²) in [7, 11) is 0. The van der Waals surface area contributed by atoms with Crippen molar-refractivity contribution in [3.05, 3.63) is 24.3 Å². The van der Waals surface area contributed by atoms with Crippen molar-refractivity contribution in [2.75, 3.05) is 19.8 Å². The van der Waals surface area contributed by atoms with Gasteiger partial charge in [0.1, 0.15) is 17.0 Å². The van der Waals surface area contributed by atoms with E-state index in [0.717, 1.165) is 48.1 Å². The summed E-state index contributed by atoms with van der Waals surface area (Å²) < 4.78 is 5.33. The van der Waals surface area contributed by atoms with Crippen LogP contribution in [0, 0.1) is 5.92 Å². The molecule has 3 N–H and O–H groups in total. The highest BCUT2D eigenvalue weighted by Gasteiger charge is 2.16. The van der Waals surface area contributed by atoms with Crippen molar-refractivity contribution in [2.45, 2.75) is 19.3 Å². The van der Waals surface area contributed by atoms with Crippen LogP contribution in [0.4, 0.5) is 0 Å². The average Bonchev–Trinajstić information content (AvgIpc) is 3.19. The number of pyridine rings is 1. The number of carbonyl (C=O) groups is 1. The standard InChI is InChI=1S/C16H19N5O2/c22-14(18-8-10-2-5-23-6-3-10)7-13-20-12-9-19-16-11(1-4-17-16)15(12)21-13/h1,4,9-10H,2-3,5-8H2,(H,17,19)(H,18,22)(H,20,21). The van der Waals surface area contributed by atoms with Crippen molar-refractivity contribution in [1.82, 2.24) is 25.3 Å². The van der Waals surface area contributed by atoms with Gasteiger partial charge in [0, 0.05) is 31.3 Å². The van der Waals surface area contributed by atoms with Gasteiger partial charge in [-0.1, -0.05) is 0 Å². The maximum absolute atomic E-state index is 12.1. The number of hydrogen-bond donors (Lipinski definition) is 3. The van der Waals surface area contributed by atoms with E-state index >= 15 is 0 Å². The molecule has 7 heteroatoms. The predicted octanol–water partition coefficient (Wildman–Crippen LogP) is 1.52. The first-order chi connectivity index (χ1) is 11.3. The Morgan fingerprint density at radius 2 is 2.26 bits per heavy atom. The van der Waals surface area contributed by atoms with Crippen molar-refractivity contribution in [3.63, 3.8) is 0 Å². The number of H-pyrrole nitrogens is 2. The monoisotopic (exact) mass is 313 g/mol. The van der Waals surface area contributed by atoms with Gasteiger partial charge in [-0.2, -0.15) is 0 Å². The fourth-order valence-corrected chi connectivity index (χ4v) is 3.03. The van der Waals surface area contributed by atoms with Gasteiger partial charge in [-0.3, -0.25) is 4.79 Å². The number of ether oxygens (including phenoxy) is 1. The molecule has 0 saturated carbocycles. The third-order valence-corrected chi connectivity index (χ3v) is 4.34. The number of carbonyl (C=O) groups excluding carboxylic acids is 1. The van der Waals surface area contributed by atoms with Crippen molar-refractivity contribution < 1.29 is 9.53 Å². The minimum atomic E-state index is -0.00572. The normalized spacial score (nSPS) is 16.2. The van der Waals surface area contributed by atoms with Gasteiger partial charge in [-0.05, 0) is 24.8 Å². The second-order valence-corrected chi connectivity index (χ2v) is 5.98. The average molecular weight is 313 g/mol. The molecule has 3 aromatic heterocycles. The van der Waals surface area contributed by atoms with Gasteiger partial charge in [-0.25, -0.2) is 9.97 Å². The minimum Gasteiger partial charge on any atom is -0.381 e. The van der Waals surface area contributed by atoms with Crippen LogP contribution in [0.1, 0.15) is 18.7 Å². The molecule has 3 aromatic rings. The zero-order valence-corrected chi connectivity index (χ0v) is 12.8. The van der Waals surface area contributed by atoms with E-state index in [9.17, 15) is 4.79 Å². The van der Waals surface area contributed by atoms with Crippen LogP contribution in [0.15, 0.2) is 18.5 Å². The fourth-order valence-electron chi connectivity index (χ4n) is 3.03. The maximum Gasteiger partial charge on any atom is 0.227 e. The van der Waals surface area contributed by atoms with Crippen LogP contribution >= 0.6 is 0 Å². The van der Waals surface area contributed by atoms with E-state index in [1.165, 1.54) is 0 Å². The van der Waals surface area contributed by atoms with Crippen molar-refractivity contribution in [1.29, 1.82) is 0 Å². The molecule has 4 rings (SSSR count). The topological polar surface area (TPSA) is 95.7 Å². The van der Waals surface area contributed by atoms with E-state index in [0.29, 0.717) is 18.3 Å². The van der Waals surface area contributed by atoms with Crippen LogP contribution in [0.2, 0.25) is 0 Å². The summed E-state index contributed by atoms with van der Waals surface area (Å²) in [6.45, 7) is 2.31. The molecule has 1 amide bonds. The molecule has 7 nitrogen and oxygen atoms in total. The van der Waals surface area contributed by atoms with Crippen LogP contribution in [0.25, 0.3) is 22.1 Å².